The minimum Gasteiger partial charge on any atom is -0.487 e. The highest BCUT2D eigenvalue weighted by Crippen LogP contribution is 2.22. The maximum atomic E-state index is 13.1. The molecule has 0 atom stereocenters. The highest BCUT2D eigenvalue weighted by Gasteiger charge is 2.27. The second-order valence-electron chi connectivity index (χ2n) is 6.28. The fraction of sp³-hybridized carbons (Fsp3) is 0.200. The number of fused-ring (bicyclic) bond motifs is 1. The molecule has 2 heterocycles. The molecular formula is C20H18FN3O2. The molecular weight excluding hydrogens is 333 g/mol. The predicted octanol–water partition coefficient (Wildman–Crippen LogP) is 3.57. The van der Waals surface area contributed by atoms with Gasteiger partial charge in [0.15, 0.2) is 0 Å². The van der Waals surface area contributed by atoms with E-state index in [2.05, 4.69) is 5.10 Å². The largest absolute Gasteiger partial charge is 0.487 e. The van der Waals surface area contributed by atoms with Crippen molar-refractivity contribution in [3.8, 4) is 5.75 Å². The lowest BCUT2D eigenvalue weighted by Crippen LogP contribution is -2.40. The lowest BCUT2D eigenvalue weighted by molar-refractivity contribution is 0.0962. The topological polar surface area (TPSA) is 47.4 Å². The molecule has 1 aliphatic heterocycles. The zero-order valence-electron chi connectivity index (χ0n) is 14.4. The summed E-state index contributed by atoms with van der Waals surface area (Å²) in [6.45, 7) is 3.40. The van der Waals surface area contributed by atoms with Gasteiger partial charge in [-0.05, 0) is 49.4 Å². The van der Waals surface area contributed by atoms with Crippen molar-refractivity contribution in [2.45, 2.75) is 20.1 Å². The van der Waals surface area contributed by atoms with Gasteiger partial charge in [0, 0.05) is 12.2 Å². The first-order chi connectivity index (χ1) is 12.6. The second-order valence-corrected chi connectivity index (χ2v) is 6.28. The zero-order valence-corrected chi connectivity index (χ0v) is 14.4. The van der Waals surface area contributed by atoms with Crippen molar-refractivity contribution in [2.24, 2.45) is 0 Å². The standard InChI is InChI=1S/C20H18FN3O2/c1-14-2-8-18(9-3-14)26-13-16-12-19-20(25)23(10-11-24(19)22-16)17-6-4-15(21)5-7-17/h2-9,12H,10-11,13H2,1H3. The third-order valence-corrected chi connectivity index (χ3v) is 4.38. The summed E-state index contributed by atoms with van der Waals surface area (Å²) in [5.74, 6) is 0.302. The molecule has 0 saturated carbocycles. The van der Waals surface area contributed by atoms with Crippen molar-refractivity contribution < 1.29 is 13.9 Å². The molecule has 3 aromatic rings. The smallest absolute Gasteiger partial charge is 0.276 e. The Kier molecular flexibility index (Phi) is 4.16. The third kappa shape index (κ3) is 3.18. The first-order valence-corrected chi connectivity index (χ1v) is 8.44. The number of carbonyl (C=O) groups excluding carboxylic acids is 1. The summed E-state index contributed by atoms with van der Waals surface area (Å²) in [7, 11) is 0. The summed E-state index contributed by atoms with van der Waals surface area (Å²) in [6.07, 6.45) is 0. The van der Waals surface area contributed by atoms with Gasteiger partial charge in [-0.3, -0.25) is 9.48 Å². The highest BCUT2D eigenvalue weighted by atomic mass is 19.1. The Morgan fingerprint density at radius 3 is 2.54 bits per heavy atom. The molecule has 1 aliphatic rings. The van der Waals surface area contributed by atoms with Gasteiger partial charge >= 0.3 is 0 Å². The molecule has 5 nitrogen and oxygen atoms in total. The summed E-state index contributed by atoms with van der Waals surface area (Å²) in [5.41, 5.74) is 3.07. The van der Waals surface area contributed by atoms with Crippen LogP contribution in [0.3, 0.4) is 0 Å². The van der Waals surface area contributed by atoms with Gasteiger partial charge in [-0.25, -0.2) is 4.39 Å². The molecule has 4 rings (SSSR count). The Morgan fingerprint density at radius 1 is 1.08 bits per heavy atom. The van der Waals surface area contributed by atoms with Gasteiger partial charge in [0.25, 0.3) is 5.91 Å². The van der Waals surface area contributed by atoms with Crippen molar-refractivity contribution >= 4 is 11.6 Å². The first-order valence-electron chi connectivity index (χ1n) is 8.44. The van der Waals surface area contributed by atoms with Gasteiger partial charge in [-0.1, -0.05) is 17.7 Å². The summed E-state index contributed by atoms with van der Waals surface area (Å²) >= 11 is 0. The van der Waals surface area contributed by atoms with Gasteiger partial charge < -0.3 is 9.64 Å². The van der Waals surface area contributed by atoms with Gasteiger partial charge in [0.1, 0.15) is 29.6 Å². The summed E-state index contributed by atoms with van der Waals surface area (Å²) in [6, 6.07) is 15.5. The molecule has 2 aromatic carbocycles. The van der Waals surface area contributed by atoms with E-state index >= 15 is 0 Å². The summed E-state index contributed by atoms with van der Waals surface area (Å²) in [5, 5.41) is 4.46. The van der Waals surface area contributed by atoms with Crippen LogP contribution in [0.15, 0.2) is 54.6 Å². The fourth-order valence-corrected chi connectivity index (χ4v) is 2.98. The number of hydrogen-bond acceptors (Lipinski definition) is 3. The quantitative estimate of drug-likeness (QED) is 0.722. The Hall–Kier alpha value is -3.15. The molecule has 0 aliphatic carbocycles. The molecule has 0 unspecified atom stereocenters. The van der Waals surface area contributed by atoms with Gasteiger partial charge in [0.2, 0.25) is 0 Å². The van der Waals surface area contributed by atoms with Crippen LogP contribution in [0, 0.1) is 12.7 Å². The van der Waals surface area contributed by atoms with E-state index in [1.165, 1.54) is 17.7 Å². The number of anilines is 1. The van der Waals surface area contributed by atoms with Crippen LogP contribution in [0.4, 0.5) is 10.1 Å². The molecule has 6 heteroatoms. The molecule has 0 N–H and O–H groups in total. The lowest BCUT2D eigenvalue weighted by Gasteiger charge is -2.27. The number of ether oxygens (including phenoxy) is 1. The van der Waals surface area contributed by atoms with E-state index < -0.39 is 0 Å². The third-order valence-electron chi connectivity index (χ3n) is 4.38. The van der Waals surface area contributed by atoms with Crippen molar-refractivity contribution in [3.63, 3.8) is 0 Å². The molecule has 0 fully saturated rings. The van der Waals surface area contributed by atoms with Crippen LogP contribution < -0.4 is 9.64 Å². The number of aromatic nitrogens is 2. The highest BCUT2D eigenvalue weighted by molar-refractivity contribution is 6.05. The normalized spacial score (nSPS) is 13.6. The van der Waals surface area contributed by atoms with Crippen LogP contribution in [-0.2, 0) is 13.2 Å². The van der Waals surface area contributed by atoms with Crippen LogP contribution in [0.25, 0.3) is 0 Å². The van der Waals surface area contributed by atoms with Crippen molar-refractivity contribution in [1.29, 1.82) is 0 Å². The van der Waals surface area contributed by atoms with Crippen LogP contribution in [-0.4, -0.2) is 22.2 Å². The number of benzene rings is 2. The minimum absolute atomic E-state index is 0.142. The van der Waals surface area contributed by atoms with Crippen molar-refractivity contribution in [3.05, 3.63) is 77.4 Å². The van der Waals surface area contributed by atoms with Crippen molar-refractivity contribution in [1.82, 2.24) is 9.78 Å². The molecule has 0 bridgehead atoms. The Bertz CT molecular complexity index is 933. The molecule has 0 spiro atoms. The number of aryl methyl sites for hydroxylation is 1. The maximum Gasteiger partial charge on any atom is 0.276 e. The number of hydrogen-bond donors (Lipinski definition) is 0. The van der Waals surface area contributed by atoms with E-state index in [1.807, 2.05) is 31.2 Å². The number of halogens is 1. The average molecular weight is 351 g/mol. The van der Waals surface area contributed by atoms with E-state index in [0.29, 0.717) is 36.8 Å². The molecule has 0 radical (unpaired) electrons. The number of amides is 1. The Morgan fingerprint density at radius 2 is 1.81 bits per heavy atom. The second kappa shape index (κ2) is 6.63. The number of nitrogens with zero attached hydrogens (tertiary/aromatic N) is 3. The summed E-state index contributed by atoms with van der Waals surface area (Å²) in [4.78, 5) is 14.4. The van der Waals surface area contributed by atoms with Crippen LogP contribution in [0.2, 0.25) is 0 Å². The first kappa shape index (κ1) is 16.3. The lowest BCUT2D eigenvalue weighted by atomic mass is 10.2. The number of carbonyl (C=O) groups is 1. The molecule has 26 heavy (non-hydrogen) atoms. The molecule has 0 saturated heterocycles. The maximum absolute atomic E-state index is 13.1. The van der Waals surface area contributed by atoms with E-state index in [-0.39, 0.29) is 11.7 Å². The fourth-order valence-electron chi connectivity index (χ4n) is 2.98. The average Bonchev–Trinajstić information content (AvgIpc) is 3.07. The minimum atomic E-state index is -0.321. The van der Waals surface area contributed by atoms with Crippen LogP contribution in [0.1, 0.15) is 21.7 Å². The van der Waals surface area contributed by atoms with Crippen LogP contribution >= 0.6 is 0 Å². The van der Waals surface area contributed by atoms with E-state index in [0.717, 1.165) is 5.75 Å². The number of rotatable bonds is 4. The monoisotopic (exact) mass is 351 g/mol. The van der Waals surface area contributed by atoms with E-state index in [4.69, 9.17) is 4.74 Å². The zero-order chi connectivity index (χ0) is 18.1. The molecule has 132 valence electrons. The Balaban J connectivity index is 1.49. The molecule has 1 aromatic heterocycles. The van der Waals surface area contributed by atoms with Gasteiger partial charge in [0.05, 0.1) is 6.54 Å². The summed E-state index contributed by atoms with van der Waals surface area (Å²) < 4.78 is 20.6. The SMILES string of the molecule is Cc1ccc(OCc2cc3n(n2)CCN(c2ccc(F)cc2)C3=O)cc1. The predicted molar refractivity (Wildman–Crippen MR) is 95.8 cm³/mol. The van der Waals surface area contributed by atoms with E-state index in [9.17, 15) is 9.18 Å². The Labute approximate surface area is 150 Å². The van der Waals surface area contributed by atoms with Crippen molar-refractivity contribution in [2.75, 3.05) is 11.4 Å². The molecule has 1 amide bonds. The van der Waals surface area contributed by atoms with Gasteiger partial charge in [-0.15, -0.1) is 0 Å². The van der Waals surface area contributed by atoms with Gasteiger partial charge in [-0.2, -0.15) is 5.10 Å². The van der Waals surface area contributed by atoms with E-state index in [1.54, 1.807) is 27.8 Å². The van der Waals surface area contributed by atoms with Crippen LogP contribution in [0.5, 0.6) is 5.75 Å².